The summed E-state index contributed by atoms with van der Waals surface area (Å²) in [5, 5.41) is 0. The van der Waals surface area contributed by atoms with Crippen LogP contribution in [-0.2, 0) is 19.1 Å². The van der Waals surface area contributed by atoms with Crippen molar-refractivity contribution in [3.05, 3.63) is 11.8 Å². The minimum Gasteiger partial charge on any atom is -0.487 e. The molecule has 2 heterocycles. The van der Waals surface area contributed by atoms with Gasteiger partial charge in [-0.25, -0.2) is 0 Å². The number of hydrogen-bond donors (Lipinski definition) is 0. The molecule has 0 radical (unpaired) electrons. The van der Waals surface area contributed by atoms with Gasteiger partial charge in [0.1, 0.15) is 12.0 Å². The maximum Gasteiger partial charge on any atom is 0.316 e. The number of hydrogen-bond acceptors (Lipinski definition) is 4. The van der Waals surface area contributed by atoms with E-state index in [9.17, 15) is 9.59 Å². The molecule has 2 atom stereocenters. The van der Waals surface area contributed by atoms with Gasteiger partial charge in [-0.15, -0.1) is 0 Å². The Morgan fingerprint density at radius 3 is 3.15 bits per heavy atom. The summed E-state index contributed by atoms with van der Waals surface area (Å²) < 4.78 is 9.78. The first kappa shape index (κ1) is 8.29. The Hall–Kier alpha value is -1.32. The van der Waals surface area contributed by atoms with Crippen LogP contribution in [0, 0.1) is 5.92 Å². The topological polar surface area (TPSA) is 52.6 Å². The highest BCUT2D eigenvalue weighted by Crippen LogP contribution is 2.32. The zero-order valence-corrected chi connectivity index (χ0v) is 7.28. The molecule has 4 heteroatoms. The fourth-order valence-corrected chi connectivity index (χ4v) is 1.70. The van der Waals surface area contributed by atoms with Crippen molar-refractivity contribution >= 4 is 11.8 Å². The van der Waals surface area contributed by atoms with E-state index in [0.717, 1.165) is 6.42 Å². The molecule has 2 bridgehead atoms. The van der Waals surface area contributed by atoms with Crippen molar-refractivity contribution in [2.45, 2.75) is 18.9 Å². The number of fused-ring (bicyclic) bond motifs is 2. The molecule has 0 spiro atoms. The van der Waals surface area contributed by atoms with Gasteiger partial charge in [-0.3, -0.25) is 9.59 Å². The van der Waals surface area contributed by atoms with E-state index in [1.807, 2.05) is 0 Å². The molecule has 0 aliphatic carbocycles. The minimum absolute atomic E-state index is 0.00296. The van der Waals surface area contributed by atoms with Crippen LogP contribution in [0.2, 0.25) is 0 Å². The summed E-state index contributed by atoms with van der Waals surface area (Å²) in [5.41, 5.74) is 0. The summed E-state index contributed by atoms with van der Waals surface area (Å²) in [6.07, 6.45) is 2.92. The number of allylic oxidation sites excluding steroid dienone is 1. The van der Waals surface area contributed by atoms with E-state index in [4.69, 9.17) is 4.74 Å². The lowest BCUT2D eigenvalue weighted by molar-refractivity contribution is -0.153. The molecule has 0 N–H and O–H groups in total. The van der Waals surface area contributed by atoms with Crippen LogP contribution >= 0.6 is 0 Å². The van der Waals surface area contributed by atoms with Crippen molar-refractivity contribution in [1.82, 2.24) is 0 Å². The van der Waals surface area contributed by atoms with Crippen molar-refractivity contribution in [2.75, 3.05) is 7.11 Å². The van der Waals surface area contributed by atoms with E-state index in [2.05, 4.69) is 4.74 Å². The van der Waals surface area contributed by atoms with Crippen molar-refractivity contribution in [3.8, 4) is 0 Å². The van der Waals surface area contributed by atoms with E-state index in [-0.39, 0.29) is 11.9 Å². The Balaban J connectivity index is 2.19. The van der Waals surface area contributed by atoms with Gasteiger partial charge in [-0.05, 0) is 6.08 Å². The predicted octanol–water partition coefficient (Wildman–Crippen LogP) is 0.421. The molecule has 2 aliphatic rings. The zero-order valence-electron chi connectivity index (χ0n) is 7.28. The predicted molar refractivity (Wildman–Crippen MR) is 42.7 cm³/mol. The molecule has 70 valence electrons. The van der Waals surface area contributed by atoms with E-state index in [1.165, 1.54) is 7.11 Å². The number of Topliss-reactive ketones (excluding diaryl/α,β-unsaturated/α-hetero) is 1. The van der Waals surface area contributed by atoms with Crippen molar-refractivity contribution in [2.24, 2.45) is 5.92 Å². The molecule has 4 nitrogen and oxygen atoms in total. The van der Waals surface area contributed by atoms with Crippen molar-refractivity contribution < 1.29 is 19.1 Å². The molecule has 0 aromatic rings. The van der Waals surface area contributed by atoms with Crippen LogP contribution in [0.15, 0.2) is 11.8 Å². The second kappa shape index (κ2) is 2.87. The van der Waals surface area contributed by atoms with Crippen LogP contribution in [-0.4, -0.2) is 25.0 Å². The first-order valence-corrected chi connectivity index (χ1v) is 4.21. The Labute approximate surface area is 75.5 Å². The van der Waals surface area contributed by atoms with Gasteiger partial charge >= 0.3 is 5.97 Å². The van der Waals surface area contributed by atoms with E-state index >= 15 is 0 Å². The number of carbonyl (C=O) groups excluding carboxylic acids is 2. The summed E-state index contributed by atoms with van der Waals surface area (Å²) in [5.74, 6) is -0.990. The Bertz CT molecular complexity index is 292. The van der Waals surface area contributed by atoms with Gasteiger partial charge in [0.05, 0.1) is 7.11 Å². The van der Waals surface area contributed by atoms with Crippen LogP contribution in [0.5, 0.6) is 0 Å². The van der Waals surface area contributed by atoms with Crippen LogP contribution in [0.3, 0.4) is 0 Å². The molecule has 1 saturated heterocycles. The van der Waals surface area contributed by atoms with Gasteiger partial charge in [0.2, 0.25) is 5.78 Å². The van der Waals surface area contributed by atoms with E-state index in [1.54, 1.807) is 6.08 Å². The van der Waals surface area contributed by atoms with Gasteiger partial charge < -0.3 is 9.47 Å². The lowest BCUT2D eigenvalue weighted by atomic mass is 9.95. The Morgan fingerprint density at radius 1 is 1.69 bits per heavy atom. The molecule has 2 rings (SSSR count). The zero-order chi connectivity index (χ0) is 9.42. The second-order valence-corrected chi connectivity index (χ2v) is 3.22. The Morgan fingerprint density at radius 2 is 2.46 bits per heavy atom. The summed E-state index contributed by atoms with van der Waals surface area (Å²) in [7, 11) is 1.29. The van der Waals surface area contributed by atoms with E-state index in [0.29, 0.717) is 12.2 Å². The molecule has 0 saturated carbocycles. The molecule has 2 aliphatic heterocycles. The molecule has 2 unspecified atom stereocenters. The maximum atomic E-state index is 11.5. The second-order valence-electron chi connectivity index (χ2n) is 3.22. The van der Waals surface area contributed by atoms with Gasteiger partial charge in [0.15, 0.2) is 5.76 Å². The van der Waals surface area contributed by atoms with Crippen molar-refractivity contribution in [3.63, 3.8) is 0 Å². The first-order valence-electron chi connectivity index (χ1n) is 4.21. The normalized spacial score (nSPS) is 30.8. The third-order valence-electron chi connectivity index (χ3n) is 2.40. The third kappa shape index (κ3) is 1.22. The van der Waals surface area contributed by atoms with Gasteiger partial charge in [-0.1, -0.05) is 0 Å². The van der Waals surface area contributed by atoms with Crippen molar-refractivity contribution in [1.29, 1.82) is 0 Å². The molecule has 0 amide bonds. The highest BCUT2D eigenvalue weighted by Gasteiger charge is 2.41. The van der Waals surface area contributed by atoms with Gasteiger partial charge in [-0.2, -0.15) is 0 Å². The lowest BCUT2D eigenvalue weighted by Gasteiger charge is -2.23. The molecule has 0 aromatic carbocycles. The average Bonchev–Trinajstić information content (AvgIpc) is 2.55. The van der Waals surface area contributed by atoms with Crippen LogP contribution < -0.4 is 0 Å². The largest absolute Gasteiger partial charge is 0.487 e. The van der Waals surface area contributed by atoms with E-state index < -0.39 is 11.9 Å². The number of methoxy groups -OCH3 is 1. The first-order chi connectivity index (χ1) is 6.22. The lowest BCUT2D eigenvalue weighted by Crippen LogP contribution is -2.34. The summed E-state index contributed by atoms with van der Waals surface area (Å²) in [6, 6.07) is 0. The highest BCUT2D eigenvalue weighted by molar-refractivity contribution is 6.08. The number of ether oxygens (including phenoxy) is 2. The highest BCUT2D eigenvalue weighted by atomic mass is 16.5. The minimum atomic E-state index is -0.641. The number of carbonyl (C=O) groups is 2. The number of ketones is 1. The molecule has 13 heavy (non-hydrogen) atoms. The maximum absolute atomic E-state index is 11.5. The fraction of sp³-hybridized carbons (Fsp3) is 0.556. The summed E-state index contributed by atoms with van der Waals surface area (Å²) >= 11 is 0. The standard InChI is InChI=1S/C9H10O4/c1-12-9(11)6-4-5-2-3-7(13-5)8(6)10/h3,5-6H,2,4H2,1H3. The summed E-state index contributed by atoms with van der Waals surface area (Å²) in [4.78, 5) is 22.7. The smallest absolute Gasteiger partial charge is 0.316 e. The third-order valence-corrected chi connectivity index (χ3v) is 2.40. The average molecular weight is 182 g/mol. The van der Waals surface area contributed by atoms with Crippen LogP contribution in [0.4, 0.5) is 0 Å². The SMILES string of the molecule is COC(=O)C1CC2CC=C(O2)C1=O. The molecular formula is C9H10O4. The monoisotopic (exact) mass is 182 g/mol. The molecular weight excluding hydrogens is 172 g/mol. The van der Waals surface area contributed by atoms with Gasteiger partial charge in [0.25, 0.3) is 0 Å². The quantitative estimate of drug-likeness (QED) is 0.435. The fourth-order valence-electron chi connectivity index (χ4n) is 1.70. The number of esters is 1. The van der Waals surface area contributed by atoms with Gasteiger partial charge in [0, 0.05) is 12.8 Å². The van der Waals surface area contributed by atoms with Crippen LogP contribution in [0.25, 0.3) is 0 Å². The van der Waals surface area contributed by atoms with Crippen LogP contribution in [0.1, 0.15) is 12.8 Å². The summed E-state index contributed by atoms with van der Waals surface area (Å²) in [6.45, 7) is 0. The number of rotatable bonds is 1. The molecule has 0 aromatic heterocycles. The Kier molecular flexibility index (Phi) is 1.83. The molecule has 1 fully saturated rings.